The quantitative estimate of drug-likeness (QED) is 0.848. The van der Waals surface area contributed by atoms with Crippen molar-refractivity contribution in [1.29, 1.82) is 0 Å². The number of hydrogen-bond acceptors (Lipinski definition) is 3. The number of carbonyl (C=O) groups excluding carboxylic acids is 2. The second-order valence-electron chi connectivity index (χ2n) is 5.59. The third kappa shape index (κ3) is 4.04. The maximum absolute atomic E-state index is 12.0. The Hall–Kier alpha value is -1.88. The zero-order valence-electron chi connectivity index (χ0n) is 12.5. The van der Waals surface area contributed by atoms with E-state index in [9.17, 15) is 9.59 Å². The van der Waals surface area contributed by atoms with Crippen LogP contribution in [0.5, 0.6) is 0 Å². The monoisotopic (exact) mass is 290 g/mol. The van der Waals surface area contributed by atoms with Crippen LogP contribution in [0.1, 0.15) is 29.5 Å². The lowest BCUT2D eigenvalue weighted by atomic mass is 10.0. The van der Waals surface area contributed by atoms with E-state index in [1.54, 1.807) is 0 Å². The number of hydrogen-bond donors (Lipinski definition) is 2. The molecule has 3 N–H and O–H groups in total. The summed E-state index contributed by atoms with van der Waals surface area (Å²) >= 11 is 0. The minimum absolute atomic E-state index is 0.250. The third-order valence-corrected chi connectivity index (χ3v) is 3.89. The summed E-state index contributed by atoms with van der Waals surface area (Å²) in [6.45, 7) is 4.64. The molecule has 2 atom stereocenters. The van der Waals surface area contributed by atoms with Crippen LogP contribution in [0.25, 0.3) is 0 Å². The van der Waals surface area contributed by atoms with E-state index in [0.29, 0.717) is 19.4 Å². The van der Waals surface area contributed by atoms with Gasteiger partial charge in [-0.05, 0) is 43.4 Å². The fourth-order valence-electron chi connectivity index (χ4n) is 2.44. The van der Waals surface area contributed by atoms with Crippen LogP contribution in [0.3, 0.4) is 0 Å². The van der Waals surface area contributed by atoms with Crippen molar-refractivity contribution < 1.29 is 14.3 Å². The van der Waals surface area contributed by atoms with Crippen LogP contribution in [0.15, 0.2) is 18.2 Å². The van der Waals surface area contributed by atoms with Gasteiger partial charge in [-0.1, -0.05) is 18.2 Å². The minimum atomic E-state index is -0.705. The number of ether oxygens (including phenoxy) is 1. The predicted molar refractivity (Wildman–Crippen MR) is 79.7 cm³/mol. The first-order chi connectivity index (χ1) is 9.97. The first-order valence-electron chi connectivity index (χ1n) is 7.25. The molecule has 5 heteroatoms. The number of nitrogens with two attached hydrogens (primary N) is 1. The lowest BCUT2D eigenvalue weighted by Crippen LogP contribution is -2.49. The van der Waals surface area contributed by atoms with Crippen LogP contribution in [0.4, 0.5) is 0 Å². The Morgan fingerprint density at radius 3 is 2.71 bits per heavy atom. The molecule has 21 heavy (non-hydrogen) atoms. The number of benzene rings is 1. The van der Waals surface area contributed by atoms with Gasteiger partial charge in [-0.3, -0.25) is 9.59 Å². The molecule has 1 aliphatic rings. The van der Waals surface area contributed by atoms with E-state index in [4.69, 9.17) is 10.5 Å². The number of aryl methyl sites for hydroxylation is 2. The third-order valence-electron chi connectivity index (χ3n) is 3.89. The molecule has 114 valence electrons. The Kier molecular flexibility index (Phi) is 4.96. The van der Waals surface area contributed by atoms with Gasteiger partial charge in [0.15, 0.2) is 0 Å². The molecule has 0 unspecified atom stereocenters. The van der Waals surface area contributed by atoms with Gasteiger partial charge in [-0.25, -0.2) is 0 Å². The molecular weight excluding hydrogens is 268 g/mol. The van der Waals surface area contributed by atoms with E-state index < -0.39 is 18.1 Å². The Bertz CT molecular complexity index is 536. The molecule has 0 aromatic heterocycles. The van der Waals surface area contributed by atoms with E-state index in [-0.39, 0.29) is 5.91 Å². The summed E-state index contributed by atoms with van der Waals surface area (Å²) in [5, 5.41) is 2.70. The second kappa shape index (κ2) is 6.72. The topological polar surface area (TPSA) is 81.4 Å². The SMILES string of the molecule is Cc1ccc(C[C@H](NC(=O)[C@@H]2CCCO2)C(N)=O)cc1C. The standard InChI is InChI=1S/C16H22N2O3/c1-10-5-6-12(8-11(10)2)9-13(15(17)19)18-16(20)14-4-3-7-21-14/h5-6,8,13-14H,3-4,7,9H2,1-2H3,(H2,17,19)(H,18,20)/t13-,14-/m0/s1. The molecule has 5 nitrogen and oxygen atoms in total. The Morgan fingerprint density at radius 2 is 2.14 bits per heavy atom. The summed E-state index contributed by atoms with van der Waals surface area (Å²) in [7, 11) is 0. The van der Waals surface area contributed by atoms with Gasteiger partial charge in [-0.15, -0.1) is 0 Å². The van der Waals surface area contributed by atoms with Crippen LogP contribution in [0.2, 0.25) is 0 Å². The summed E-state index contributed by atoms with van der Waals surface area (Å²) in [5.41, 5.74) is 8.73. The normalized spacial score (nSPS) is 19.2. The average molecular weight is 290 g/mol. The highest BCUT2D eigenvalue weighted by Crippen LogP contribution is 2.14. The highest BCUT2D eigenvalue weighted by atomic mass is 16.5. The van der Waals surface area contributed by atoms with E-state index in [0.717, 1.165) is 17.5 Å². The maximum Gasteiger partial charge on any atom is 0.249 e. The zero-order chi connectivity index (χ0) is 15.4. The summed E-state index contributed by atoms with van der Waals surface area (Å²) in [5.74, 6) is -0.778. The van der Waals surface area contributed by atoms with Gasteiger partial charge in [-0.2, -0.15) is 0 Å². The van der Waals surface area contributed by atoms with Crippen molar-refractivity contribution >= 4 is 11.8 Å². The summed E-state index contributed by atoms with van der Waals surface area (Å²) in [6.07, 6.45) is 1.51. The zero-order valence-corrected chi connectivity index (χ0v) is 12.5. The largest absolute Gasteiger partial charge is 0.368 e. The Labute approximate surface area is 124 Å². The van der Waals surface area contributed by atoms with Crippen LogP contribution in [-0.2, 0) is 20.7 Å². The molecule has 1 heterocycles. The summed E-state index contributed by atoms with van der Waals surface area (Å²) in [6, 6.07) is 5.27. The molecule has 1 aliphatic heterocycles. The molecule has 2 rings (SSSR count). The fourth-order valence-corrected chi connectivity index (χ4v) is 2.44. The van der Waals surface area contributed by atoms with E-state index in [2.05, 4.69) is 5.32 Å². The lowest BCUT2D eigenvalue weighted by Gasteiger charge is -2.18. The van der Waals surface area contributed by atoms with Crippen molar-refractivity contribution in [2.24, 2.45) is 5.73 Å². The van der Waals surface area contributed by atoms with Crippen LogP contribution in [0, 0.1) is 13.8 Å². The molecule has 2 amide bonds. The van der Waals surface area contributed by atoms with E-state index in [1.807, 2.05) is 32.0 Å². The Balaban J connectivity index is 2.03. The van der Waals surface area contributed by atoms with Gasteiger partial charge in [0, 0.05) is 13.0 Å². The summed E-state index contributed by atoms with van der Waals surface area (Å²) < 4.78 is 5.32. The van der Waals surface area contributed by atoms with Crippen molar-refractivity contribution in [3.05, 3.63) is 34.9 Å². The predicted octanol–water partition coefficient (Wildman–Crippen LogP) is 0.995. The molecule has 0 radical (unpaired) electrons. The molecule has 1 aromatic rings. The molecular formula is C16H22N2O3. The van der Waals surface area contributed by atoms with E-state index >= 15 is 0 Å². The molecule has 1 aromatic carbocycles. The highest BCUT2D eigenvalue weighted by Gasteiger charge is 2.27. The molecule has 1 saturated heterocycles. The maximum atomic E-state index is 12.0. The molecule has 0 spiro atoms. The fraction of sp³-hybridized carbons (Fsp3) is 0.500. The van der Waals surface area contributed by atoms with Crippen molar-refractivity contribution in [2.75, 3.05) is 6.61 Å². The summed E-state index contributed by atoms with van der Waals surface area (Å²) in [4.78, 5) is 23.6. The number of primary amides is 1. The number of amides is 2. The highest BCUT2D eigenvalue weighted by molar-refractivity contribution is 5.88. The van der Waals surface area contributed by atoms with Gasteiger partial charge in [0.25, 0.3) is 0 Å². The number of carbonyl (C=O) groups is 2. The first kappa shape index (κ1) is 15.5. The first-order valence-corrected chi connectivity index (χ1v) is 7.25. The van der Waals surface area contributed by atoms with Gasteiger partial charge in [0.1, 0.15) is 12.1 Å². The van der Waals surface area contributed by atoms with E-state index in [1.165, 1.54) is 5.56 Å². The van der Waals surface area contributed by atoms with Crippen LogP contribution < -0.4 is 11.1 Å². The number of nitrogens with one attached hydrogen (secondary N) is 1. The average Bonchev–Trinajstić information content (AvgIpc) is 2.96. The van der Waals surface area contributed by atoms with Crippen LogP contribution >= 0.6 is 0 Å². The van der Waals surface area contributed by atoms with Crippen molar-refractivity contribution in [3.63, 3.8) is 0 Å². The van der Waals surface area contributed by atoms with Gasteiger partial charge >= 0.3 is 0 Å². The minimum Gasteiger partial charge on any atom is -0.368 e. The van der Waals surface area contributed by atoms with Crippen molar-refractivity contribution in [1.82, 2.24) is 5.32 Å². The molecule has 0 saturated carbocycles. The van der Waals surface area contributed by atoms with Gasteiger partial charge in [0.05, 0.1) is 0 Å². The van der Waals surface area contributed by atoms with Gasteiger partial charge < -0.3 is 15.8 Å². The van der Waals surface area contributed by atoms with Crippen LogP contribution in [-0.4, -0.2) is 30.6 Å². The molecule has 0 aliphatic carbocycles. The number of rotatable bonds is 5. The smallest absolute Gasteiger partial charge is 0.249 e. The van der Waals surface area contributed by atoms with Gasteiger partial charge in [0.2, 0.25) is 11.8 Å². The molecule has 0 bridgehead atoms. The second-order valence-corrected chi connectivity index (χ2v) is 5.59. The van der Waals surface area contributed by atoms with Crippen molar-refractivity contribution in [2.45, 2.75) is 45.3 Å². The molecule has 1 fully saturated rings. The lowest BCUT2D eigenvalue weighted by molar-refractivity contribution is -0.133. The Morgan fingerprint density at radius 1 is 1.38 bits per heavy atom. The van der Waals surface area contributed by atoms with Crippen molar-refractivity contribution in [3.8, 4) is 0 Å².